The Morgan fingerprint density at radius 1 is 1.38 bits per heavy atom. The number of fused-ring (bicyclic) bond motifs is 1. The molecule has 0 aromatic heterocycles. The molecule has 1 saturated heterocycles. The Bertz CT molecular complexity index is 489. The van der Waals surface area contributed by atoms with Crippen LogP contribution in [0.4, 0.5) is 0 Å². The normalized spacial score (nSPS) is 34.2. The van der Waals surface area contributed by atoms with Crippen LogP contribution in [0.3, 0.4) is 0 Å². The molecule has 0 aromatic rings. The first-order valence-electron chi connectivity index (χ1n) is 7.66. The zero-order chi connectivity index (χ0) is 16.1. The van der Waals surface area contributed by atoms with Crippen molar-refractivity contribution in [3.8, 4) is 0 Å². The monoisotopic (exact) mass is 294 g/mol. The Kier molecular flexibility index (Phi) is 3.81. The highest BCUT2D eigenvalue weighted by Crippen LogP contribution is 2.56. The lowest BCUT2D eigenvalue weighted by Gasteiger charge is -2.54. The van der Waals surface area contributed by atoms with Gasteiger partial charge in [-0.3, -0.25) is 9.59 Å². The average molecular weight is 294 g/mol. The van der Waals surface area contributed by atoms with Crippen LogP contribution in [0.2, 0.25) is 0 Å². The van der Waals surface area contributed by atoms with Crippen LogP contribution in [0.15, 0.2) is 12.2 Å². The second-order valence-corrected chi connectivity index (χ2v) is 7.40. The van der Waals surface area contributed by atoms with Crippen LogP contribution >= 0.6 is 0 Å². The molecule has 2 rings (SSSR count). The van der Waals surface area contributed by atoms with Gasteiger partial charge in [0.25, 0.3) is 0 Å². The van der Waals surface area contributed by atoms with E-state index in [-0.39, 0.29) is 24.2 Å². The molecule has 0 N–H and O–H groups in total. The van der Waals surface area contributed by atoms with Gasteiger partial charge in [-0.25, -0.2) is 0 Å². The first-order chi connectivity index (χ1) is 9.58. The molecule has 118 valence electrons. The summed E-state index contributed by atoms with van der Waals surface area (Å²) in [6.45, 7) is 14.0. The predicted molar refractivity (Wildman–Crippen MR) is 79.8 cm³/mol. The van der Waals surface area contributed by atoms with E-state index in [1.807, 2.05) is 27.7 Å². The molecule has 0 radical (unpaired) electrons. The summed E-state index contributed by atoms with van der Waals surface area (Å²) in [5, 5.41) is 0. The standard InChI is InChI=1S/C17H26O4/c1-7-20-14(19)17-11(2)15(3,4)9-8-13(17)21-16(5,6)10-12(17)18/h13H,2,7-10H2,1,3-6H3/t13-,17+/m1/s1. The largest absolute Gasteiger partial charge is 0.465 e. The first kappa shape index (κ1) is 16.2. The highest BCUT2D eigenvalue weighted by atomic mass is 16.5. The second-order valence-electron chi connectivity index (χ2n) is 7.40. The lowest BCUT2D eigenvalue weighted by molar-refractivity contribution is -0.200. The SMILES string of the molecule is C=C1C(C)(C)CC[C@H]2OC(C)(C)CC(=O)[C@@]12C(=O)OCC. The Hall–Kier alpha value is -1.16. The molecule has 0 aromatic carbocycles. The van der Waals surface area contributed by atoms with Gasteiger partial charge in [0.15, 0.2) is 11.2 Å². The fourth-order valence-corrected chi connectivity index (χ4v) is 3.65. The highest BCUT2D eigenvalue weighted by molar-refractivity contribution is 6.09. The van der Waals surface area contributed by atoms with Crippen molar-refractivity contribution in [3.05, 3.63) is 12.2 Å². The number of Topliss-reactive ketones (excluding diaryl/α,β-unsaturated/α-hetero) is 1. The minimum absolute atomic E-state index is 0.111. The Morgan fingerprint density at radius 3 is 2.57 bits per heavy atom. The molecule has 0 amide bonds. The molecule has 2 aliphatic rings. The molecule has 4 heteroatoms. The summed E-state index contributed by atoms with van der Waals surface area (Å²) in [6.07, 6.45) is 1.26. The van der Waals surface area contributed by atoms with E-state index in [2.05, 4.69) is 6.58 Å². The number of carbonyl (C=O) groups is 2. The number of ether oxygens (including phenoxy) is 2. The fraction of sp³-hybridized carbons (Fsp3) is 0.765. The van der Waals surface area contributed by atoms with Crippen LogP contribution in [0, 0.1) is 10.8 Å². The molecule has 1 saturated carbocycles. The van der Waals surface area contributed by atoms with Crippen molar-refractivity contribution in [2.24, 2.45) is 10.8 Å². The van der Waals surface area contributed by atoms with Crippen LogP contribution < -0.4 is 0 Å². The molecule has 4 nitrogen and oxygen atoms in total. The van der Waals surface area contributed by atoms with Crippen molar-refractivity contribution in [2.75, 3.05) is 6.61 Å². The maximum Gasteiger partial charge on any atom is 0.326 e. The van der Waals surface area contributed by atoms with Crippen LogP contribution in [0.25, 0.3) is 0 Å². The van der Waals surface area contributed by atoms with E-state index in [1.165, 1.54) is 0 Å². The summed E-state index contributed by atoms with van der Waals surface area (Å²) >= 11 is 0. The Morgan fingerprint density at radius 2 is 2.00 bits per heavy atom. The van der Waals surface area contributed by atoms with Crippen LogP contribution in [0.1, 0.15) is 53.9 Å². The third-order valence-corrected chi connectivity index (χ3v) is 4.89. The first-order valence-corrected chi connectivity index (χ1v) is 7.66. The maximum atomic E-state index is 12.9. The van der Waals surface area contributed by atoms with Gasteiger partial charge in [0.2, 0.25) is 0 Å². The predicted octanol–water partition coefficient (Wildman–Crippen LogP) is 3.05. The van der Waals surface area contributed by atoms with Crippen molar-refractivity contribution >= 4 is 11.8 Å². The van der Waals surface area contributed by atoms with Crippen molar-refractivity contribution in [1.29, 1.82) is 0 Å². The Balaban J connectivity index is 2.55. The summed E-state index contributed by atoms with van der Waals surface area (Å²) in [5.41, 5.74) is -1.50. The van der Waals surface area contributed by atoms with Crippen molar-refractivity contribution in [3.63, 3.8) is 0 Å². The van der Waals surface area contributed by atoms with Gasteiger partial charge in [0.1, 0.15) is 0 Å². The van der Waals surface area contributed by atoms with E-state index in [0.29, 0.717) is 12.0 Å². The van der Waals surface area contributed by atoms with Gasteiger partial charge in [-0.05, 0) is 44.6 Å². The van der Waals surface area contributed by atoms with Crippen molar-refractivity contribution < 1.29 is 19.1 Å². The lowest BCUT2D eigenvalue weighted by Crippen LogP contribution is -2.63. The summed E-state index contributed by atoms with van der Waals surface area (Å²) in [7, 11) is 0. The number of ketones is 1. The quantitative estimate of drug-likeness (QED) is 0.446. The lowest BCUT2D eigenvalue weighted by atomic mass is 9.55. The number of esters is 1. The fourth-order valence-electron chi connectivity index (χ4n) is 3.65. The number of hydrogen-bond acceptors (Lipinski definition) is 4. The summed E-state index contributed by atoms with van der Waals surface area (Å²) in [6, 6.07) is 0. The van der Waals surface area contributed by atoms with Gasteiger partial charge < -0.3 is 9.47 Å². The minimum Gasteiger partial charge on any atom is -0.465 e. The average Bonchev–Trinajstić information content (AvgIpc) is 2.33. The molecule has 21 heavy (non-hydrogen) atoms. The minimum atomic E-state index is -1.33. The molecular weight excluding hydrogens is 268 g/mol. The van der Waals surface area contributed by atoms with E-state index in [1.54, 1.807) is 6.92 Å². The third kappa shape index (κ3) is 2.33. The second kappa shape index (κ2) is 4.94. The van der Waals surface area contributed by atoms with E-state index in [0.717, 1.165) is 6.42 Å². The zero-order valence-electron chi connectivity index (χ0n) is 13.7. The molecule has 0 unspecified atom stereocenters. The van der Waals surface area contributed by atoms with Gasteiger partial charge >= 0.3 is 5.97 Å². The van der Waals surface area contributed by atoms with Gasteiger partial charge in [0, 0.05) is 6.42 Å². The topological polar surface area (TPSA) is 52.6 Å². The molecule has 2 fully saturated rings. The smallest absolute Gasteiger partial charge is 0.326 e. The number of carbonyl (C=O) groups excluding carboxylic acids is 2. The van der Waals surface area contributed by atoms with Crippen molar-refractivity contribution in [1.82, 2.24) is 0 Å². The highest BCUT2D eigenvalue weighted by Gasteiger charge is 2.64. The van der Waals surface area contributed by atoms with E-state index in [4.69, 9.17) is 9.47 Å². The van der Waals surface area contributed by atoms with Gasteiger partial charge in [-0.2, -0.15) is 0 Å². The molecule has 2 atom stereocenters. The van der Waals surface area contributed by atoms with Gasteiger partial charge in [-0.1, -0.05) is 20.4 Å². The van der Waals surface area contributed by atoms with Gasteiger partial charge in [-0.15, -0.1) is 0 Å². The summed E-state index contributed by atoms with van der Waals surface area (Å²) in [4.78, 5) is 25.6. The van der Waals surface area contributed by atoms with E-state index in [9.17, 15) is 9.59 Å². The molecule has 1 aliphatic carbocycles. The molecular formula is C17H26O4. The van der Waals surface area contributed by atoms with E-state index >= 15 is 0 Å². The molecule has 0 bridgehead atoms. The molecule has 1 aliphatic heterocycles. The van der Waals surface area contributed by atoms with E-state index < -0.39 is 23.1 Å². The molecule has 0 spiro atoms. The van der Waals surface area contributed by atoms with Crippen LogP contribution in [0.5, 0.6) is 0 Å². The summed E-state index contributed by atoms with van der Waals surface area (Å²) in [5.74, 6) is -0.603. The zero-order valence-corrected chi connectivity index (χ0v) is 13.7. The number of hydrogen-bond donors (Lipinski definition) is 0. The maximum absolute atomic E-state index is 12.9. The van der Waals surface area contributed by atoms with Gasteiger partial charge in [0.05, 0.1) is 18.3 Å². The molecule has 1 heterocycles. The third-order valence-electron chi connectivity index (χ3n) is 4.89. The van der Waals surface area contributed by atoms with Crippen LogP contribution in [-0.2, 0) is 19.1 Å². The number of rotatable bonds is 2. The van der Waals surface area contributed by atoms with Crippen molar-refractivity contribution in [2.45, 2.75) is 65.6 Å². The van der Waals surface area contributed by atoms with Crippen LogP contribution in [-0.4, -0.2) is 30.1 Å². The Labute approximate surface area is 126 Å². The summed E-state index contributed by atoms with van der Waals surface area (Å²) < 4.78 is 11.3.